The van der Waals surface area contributed by atoms with Crippen LogP contribution < -0.4 is 10.3 Å². The van der Waals surface area contributed by atoms with E-state index < -0.39 is 0 Å². The molecule has 2 aromatic carbocycles. The Labute approximate surface area is 179 Å². The predicted octanol–water partition coefficient (Wildman–Crippen LogP) is 4.69. The minimum atomic E-state index is -0.200. The Bertz CT molecular complexity index is 1220. The fourth-order valence-corrected chi connectivity index (χ4v) is 3.99. The van der Waals surface area contributed by atoms with Crippen molar-refractivity contribution in [3.63, 3.8) is 0 Å². The molecule has 0 fully saturated rings. The van der Waals surface area contributed by atoms with E-state index in [4.69, 9.17) is 4.74 Å². The molecule has 4 aromatic rings. The number of aromatic nitrogens is 4. The first-order valence-electron chi connectivity index (χ1n) is 9.92. The summed E-state index contributed by atoms with van der Waals surface area (Å²) < 4.78 is 7.72. The Balaban J connectivity index is 1.53. The highest BCUT2D eigenvalue weighted by Gasteiger charge is 2.12. The Morgan fingerprint density at radius 2 is 1.90 bits per heavy atom. The van der Waals surface area contributed by atoms with Crippen LogP contribution in [0.1, 0.15) is 30.9 Å². The molecule has 0 atom stereocenters. The lowest BCUT2D eigenvalue weighted by Gasteiger charge is -2.15. The molecule has 7 heteroatoms. The maximum absolute atomic E-state index is 11.9. The van der Waals surface area contributed by atoms with Crippen molar-refractivity contribution in [2.45, 2.75) is 31.8 Å². The van der Waals surface area contributed by atoms with E-state index in [1.165, 1.54) is 29.0 Å². The quantitative estimate of drug-likeness (QED) is 0.347. The molecular formula is C23H24N4O2S. The molecule has 0 saturated heterocycles. The first-order chi connectivity index (χ1) is 14.5. The number of ether oxygens (including phenoxy) is 1. The van der Waals surface area contributed by atoms with Crippen molar-refractivity contribution in [1.82, 2.24) is 19.6 Å². The Morgan fingerprint density at radius 3 is 2.67 bits per heavy atom. The molecule has 0 saturated carbocycles. The van der Waals surface area contributed by atoms with Crippen molar-refractivity contribution in [3.05, 3.63) is 76.1 Å². The lowest BCUT2D eigenvalue weighted by molar-refractivity contribution is 0.338. The molecule has 0 unspecified atom stereocenters. The summed E-state index contributed by atoms with van der Waals surface area (Å²) in [5, 5.41) is 3.45. The number of thioether (sulfide) groups is 1. The average Bonchev–Trinajstić information content (AvgIpc) is 3.12. The third-order valence-electron chi connectivity index (χ3n) is 4.72. The number of hydrogen-bond acceptors (Lipinski definition) is 5. The highest BCUT2D eigenvalue weighted by atomic mass is 32.2. The summed E-state index contributed by atoms with van der Waals surface area (Å²) in [5.41, 5.74) is 3.65. The number of fused-ring (bicyclic) bond motifs is 1. The molecule has 154 valence electrons. The fraction of sp³-hybridized carbons (Fsp3) is 0.261. The Hall–Kier alpha value is -3.06. The zero-order valence-corrected chi connectivity index (χ0v) is 18.1. The van der Waals surface area contributed by atoms with Gasteiger partial charge >= 0.3 is 0 Å². The van der Waals surface area contributed by atoms with Crippen LogP contribution in [0.25, 0.3) is 17.0 Å². The van der Waals surface area contributed by atoms with Gasteiger partial charge in [-0.15, -0.1) is 0 Å². The zero-order valence-electron chi connectivity index (χ0n) is 17.3. The molecule has 1 N–H and O–H groups in total. The normalized spacial score (nSPS) is 11.3. The highest BCUT2D eigenvalue weighted by molar-refractivity contribution is 7.99. The van der Waals surface area contributed by atoms with E-state index in [1.54, 1.807) is 4.52 Å². The van der Waals surface area contributed by atoms with Crippen molar-refractivity contribution < 1.29 is 4.74 Å². The predicted molar refractivity (Wildman–Crippen MR) is 121 cm³/mol. The van der Waals surface area contributed by atoms with E-state index in [9.17, 15) is 4.79 Å². The van der Waals surface area contributed by atoms with Gasteiger partial charge in [0.25, 0.3) is 5.56 Å². The van der Waals surface area contributed by atoms with Crippen LogP contribution in [0, 0.1) is 6.92 Å². The van der Waals surface area contributed by atoms with Gasteiger partial charge in [0, 0.05) is 17.4 Å². The lowest BCUT2D eigenvalue weighted by Crippen LogP contribution is -2.07. The summed E-state index contributed by atoms with van der Waals surface area (Å²) in [6.45, 7) is 6.93. The summed E-state index contributed by atoms with van der Waals surface area (Å²) in [6, 6.07) is 17.6. The van der Waals surface area contributed by atoms with E-state index in [-0.39, 0.29) is 5.56 Å². The van der Waals surface area contributed by atoms with Crippen LogP contribution in [0.2, 0.25) is 0 Å². The minimum absolute atomic E-state index is 0.200. The van der Waals surface area contributed by atoms with E-state index >= 15 is 0 Å². The smallest absolute Gasteiger partial charge is 0.266 e. The number of rotatable bonds is 7. The first-order valence-corrected chi connectivity index (χ1v) is 10.9. The van der Waals surface area contributed by atoms with Crippen LogP contribution in [0.15, 0.2) is 64.5 Å². The van der Waals surface area contributed by atoms with E-state index in [1.807, 2.05) is 30.3 Å². The van der Waals surface area contributed by atoms with Gasteiger partial charge in [0.1, 0.15) is 5.75 Å². The van der Waals surface area contributed by atoms with Crippen molar-refractivity contribution in [2.24, 2.45) is 0 Å². The topological polar surface area (TPSA) is 72.3 Å². The fourth-order valence-electron chi connectivity index (χ4n) is 3.23. The van der Waals surface area contributed by atoms with Crippen LogP contribution >= 0.6 is 11.8 Å². The maximum atomic E-state index is 11.9. The first kappa shape index (κ1) is 20.2. The van der Waals surface area contributed by atoms with Crippen molar-refractivity contribution in [2.75, 3.05) is 12.4 Å². The summed E-state index contributed by atoms with van der Waals surface area (Å²) in [4.78, 5) is 21.1. The number of nitrogens with zero attached hydrogens (tertiary/aromatic N) is 3. The third-order valence-corrected chi connectivity index (χ3v) is 5.62. The molecule has 2 heterocycles. The van der Waals surface area contributed by atoms with Gasteiger partial charge in [0.2, 0.25) is 0 Å². The van der Waals surface area contributed by atoms with E-state index in [0.717, 1.165) is 11.3 Å². The second-order valence-electron chi connectivity index (χ2n) is 7.40. The average molecular weight is 421 g/mol. The molecule has 0 amide bonds. The molecule has 0 aliphatic carbocycles. The summed E-state index contributed by atoms with van der Waals surface area (Å²) in [6.07, 6.45) is 0. The van der Waals surface area contributed by atoms with Crippen LogP contribution in [0.4, 0.5) is 0 Å². The molecule has 0 radical (unpaired) electrons. The van der Waals surface area contributed by atoms with Crippen molar-refractivity contribution >= 4 is 17.4 Å². The SMILES string of the molecule is Cc1ccc(C(C)C)c(OCCSc2nc(-c3ccccc3)nc3cc(=O)[nH]n23)c1. The molecule has 0 aliphatic rings. The van der Waals surface area contributed by atoms with Gasteiger partial charge in [-0.2, -0.15) is 0 Å². The highest BCUT2D eigenvalue weighted by Crippen LogP contribution is 2.28. The monoisotopic (exact) mass is 420 g/mol. The number of nitrogens with one attached hydrogen (secondary N) is 1. The van der Waals surface area contributed by atoms with Crippen LogP contribution in [-0.4, -0.2) is 31.9 Å². The van der Waals surface area contributed by atoms with Crippen molar-refractivity contribution in [1.29, 1.82) is 0 Å². The van der Waals surface area contributed by atoms with Crippen LogP contribution in [0.5, 0.6) is 5.75 Å². The number of H-pyrrole nitrogens is 1. The summed E-state index contributed by atoms with van der Waals surface area (Å²) >= 11 is 1.53. The molecular weight excluding hydrogens is 396 g/mol. The number of aryl methyl sites for hydroxylation is 1. The van der Waals surface area contributed by atoms with E-state index in [0.29, 0.717) is 34.9 Å². The van der Waals surface area contributed by atoms with Crippen LogP contribution in [-0.2, 0) is 0 Å². The minimum Gasteiger partial charge on any atom is -0.492 e. The van der Waals surface area contributed by atoms with Gasteiger partial charge < -0.3 is 4.74 Å². The molecule has 4 rings (SSSR count). The zero-order chi connectivity index (χ0) is 21.1. The number of benzene rings is 2. The maximum Gasteiger partial charge on any atom is 0.266 e. The molecule has 2 aromatic heterocycles. The van der Waals surface area contributed by atoms with E-state index in [2.05, 4.69) is 54.0 Å². The lowest BCUT2D eigenvalue weighted by atomic mass is 10.0. The van der Waals surface area contributed by atoms with Gasteiger partial charge in [-0.25, -0.2) is 14.5 Å². The third kappa shape index (κ3) is 4.41. The molecule has 6 nitrogen and oxygen atoms in total. The summed E-state index contributed by atoms with van der Waals surface area (Å²) in [5.74, 6) is 2.61. The summed E-state index contributed by atoms with van der Waals surface area (Å²) in [7, 11) is 0. The Morgan fingerprint density at radius 1 is 1.10 bits per heavy atom. The van der Waals surface area contributed by atoms with Crippen molar-refractivity contribution in [3.8, 4) is 17.1 Å². The molecule has 0 aliphatic heterocycles. The second kappa shape index (κ2) is 8.75. The number of hydrogen-bond donors (Lipinski definition) is 1. The second-order valence-corrected chi connectivity index (χ2v) is 8.46. The number of aromatic amines is 1. The molecule has 30 heavy (non-hydrogen) atoms. The Kier molecular flexibility index (Phi) is 5.90. The largest absolute Gasteiger partial charge is 0.492 e. The molecule has 0 spiro atoms. The van der Waals surface area contributed by atoms with Gasteiger partial charge in [0.15, 0.2) is 16.6 Å². The standard InChI is InChI=1S/C23H24N4O2S/c1-15(2)18-10-9-16(3)13-19(18)29-11-12-30-23-25-22(17-7-5-4-6-8-17)24-20-14-21(28)26-27(20)23/h4-10,13-15H,11-12H2,1-3H3,(H,26,28). The van der Waals surface area contributed by atoms with Crippen LogP contribution in [0.3, 0.4) is 0 Å². The van der Waals surface area contributed by atoms with Gasteiger partial charge in [0.05, 0.1) is 6.61 Å². The molecule has 0 bridgehead atoms. The van der Waals surface area contributed by atoms with Gasteiger partial charge in [-0.05, 0) is 30.0 Å². The van der Waals surface area contributed by atoms with Gasteiger partial charge in [-0.1, -0.05) is 68.1 Å². The van der Waals surface area contributed by atoms with Gasteiger partial charge in [-0.3, -0.25) is 9.89 Å².